The Labute approximate surface area is 122 Å². The van der Waals surface area contributed by atoms with Crippen molar-refractivity contribution in [2.24, 2.45) is 0 Å². The molecule has 3 rings (SSSR count). The Morgan fingerprint density at radius 3 is 2.58 bits per heavy atom. The van der Waals surface area contributed by atoms with E-state index in [9.17, 15) is 0 Å². The molecule has 0 saturated heterocycles. The van der Waals surface area contributed by atoms with E-state index in [1.807, 2.05) is 0 Å². The predicted molar refractivity (Wildman–Crippen MR) is 76.7 cm³/mol. The molecule has 1 aromatic carbocycles. The minimum Gasteiger partial charge on any atom is -0.399 e. The van der Waals surface area contributed by atoms with E-state index < -0.39 is 0 Å². The number of halogens is 2. The van der Waals surface area contributed by atoms with Gasteiger partial charge in [-0.25, -0.2) is 15.0 Å². The van der Waals surface area contributed by atoms with Gasteiger partial charge in [-0.15, -0.1) is 0 Å². The van der Waals surface area contributed by atoms with Crippen molar-refractivity contribution in [2.45, 2.75) is 9.92 Å². The van der Waals surface area contributed by atoms with Crippen LogP contribution in [0, 0.1) is 0 Å². The normalized spacial score (nSPS) is 11.1. The molecular weight excluding hydrogens is 305 g/mol. The molecule has 8 heteroatoms. The summed E-state index contributed by atoms with van der Waals surface area (Å²) in [6, 6.07) is 3.31. The quantitative estimate of drug-likeness (QED) is 0.560. The molecule has 0 amide bonds. The number of nitrogen functional groups attached to an aromatic ring is 1. The molecule has 0 spiro atoms. The standard InChI is InChI=1S/C11H7Cl2N5S/c12-6-1-5(14)2-7(13)9(6)19-11-8-10(16-3-15-8)17-4-18-11/h1-4H,14H2,(H,15,16,17,18). The molecule has 0 radical (unpaired) electrons. The maximum Gasteiger partial charge on any atom is 0.181 e. The first-order valence-corrected chi connectivity index (χ1v) is 6.79. The fraction of sp³-hybridized carbons (Fsp3) is 0. The van der Waals surface area contributed by atoms with Crippen LogP contribution in [0.4, 0.5) is 5.69 Å². The van der Waals surface area contributed by atoms with Gasteiger partial charge in [0.2, 0.25) is 0 Å². The lowest BCUT2D eigenvalue weighted by Gasteiger charge is -2.07. The molecule has 0 aliphatic rings. The summed E-state index contributed by atoms with van der Waals surface area (Å²) in [5, 5.41) is 1.68. The largest absolute Gasteiger partial charge is 0.399 e. The Morgan fingerprint density at radius 2 is 1.84 bits per heavy atom. The van der Waals surface area contributed by atoms with Crippen molar-refractivity contribution >= 4 is 51.8 Å². The molecule has 0 bridgehead atoms. The van der Waals surface area contributed by atoms with E-state index >= 15 is 0 Å². The van der Waals surface area contributed by atoms with Gasteiger partial charge in [0.25, 0.3) is 0 Å². The molecule has 0 saturated carbocycles. The van der Waals surface area contributed by atoms with Gasteiger partial charge in [0.05, 0.1) is 21.3 Å². The Balaban J connectivity index is 2.09. The number of hydrogen-bond donors (Lipinski definition) is 2. The van der Waals surface area contributed by atoms with Gasteiger partial charge in [0.15, 0.2) is 5.65 Å². The van der Waals surface area contributed by atoms with Crippen LogP contribution in [0.3, 0.4) is 0 Å². The zero-order valence-electron chi connectivity index (χ0n) is 9.39. The van der Waals surface area contributed by atoms with Crippen molar-refractivity contribution in [1.82, 2.24) is 19.9 Å². The number of benzene rings is 1. The van der Waals surface area contributed by atoms with Crippen molar-refractivity contribution in [2.75, 3.05) is 5.73 Å². The number of anilines is 1. The Bertz CT molecular complexity index is 735. The lowest BCUT2D eigenvalue weighted by Crippen LogP contribution is -1.89. The van der Waals surface area contributed by atoms with Gasteiger partial charge in [-0.05, 0) is 12.1 Å². The number of aromatic nitrogens is 4. The molecular formula is C11H7Cl2N5S. The number of hydrogen-bond acceptors (Lipinski definition) is 5. The molecule has 3 N–H and O–H groups in total. The molecule has 96 valence electrons. The first-order valence-electron chi connectivity index (χ1n) is 5.21. The zero-order valence-corrected chi connectivity index (χ0v) is 11.7. The lowest BCUT2D eigenvalue weighted by molar-refractivity contribution is 1.08. The van der Waals surface area contributed by atoms with E-state index in [0.29, 0.717) is 31.3 Å². The van der Waals surface area contributed by atoms with Crippen molar-refractivity contribution in [1.29, 1.82) is 0 Å². The molecule has 0 atom stereocenters. The van der Waals surface area contributed by atoms with Crippen molar-refractivity contribution < 1.29 is 0 Å². The van der Waals surface area contributed by atoms with Crippen LogP contribution in [0.5, 0.6) is 0 Å². The highest BCUT2D eigenvalue weighted by molar-refractivity contribution is 7.99. The van der Waals surface area contributed by atoms with E-state index in [0.717, 1.165) is 5.52 Å². The molecule has 2 heterocycles. The SMILES string of the molecule is Nc1cc(Cl)c(Sc2ncnc3nc[nH]c23)c(Cl)c1. The number of aromatic amines is 1. The van der Waals surface area contributed by atoms with Gasteiger partial charge in [-0.2, -0.15) is 0 Å². The van der Waals surface area contributed by atoms with Crippen LogP contribution in [0.1, 0.15) is 0 Å². The Kier molecular flexibility index (Phi) is 3.22. The number of imidazole rings is 1. The number of nitrogens with zero attached hydrogens (tertiary/aromatic N) is 3. The van der Waals surface area contributed by atoms with Gasteiger partial charge in [0.1, 0.15) is 16.9 Å². The molecule has 3 aromatic rings. The molecule has 0 aliphatic carbocycles. The maximum absolute atomic E-state index is 6.16. The summed E-state index contributed by atoms with van der Waals surface area (Å²) in [5.74, 6) is 0. The van der Waals surface area contributed by atoms with Crippen molar-refractivity contribution in [3.63, 3.8) is 0 Å². The van der Waals surface area contributed by atoms with Crippen molar-refractivity contribution in [3.8, 4) is 0 Å². The average molecular weight is 312 g/mol. The van der Waals surface area contributed by atoms with Gasteiger partial charge in [-0.3, -0.25) is 0 Å². The van der Waals surface area contributed by atoms with E-state index in [4.69, 9.17) is 28.9 Å². The van der Waals surface area contributed by atoms with E-state index in [-0.39, 0.29) is 0 Å². The van der Waals surface area contributed by atoms with Crippen LogP contribution < -0.4 is 5.73 Å². The van der Waals surface area contributed by atoms with Crippen LogP contribution in [0.25, 0.3) is 11.2 Å². The summed E-state index contributed by atoms with van der Waals surface area (Å²) >= 11 is 13.7. The summed E-state index contributed by atoms with van der Waals surface area (Å²) in [6.45, 7) is 0. The first-order chi connectivity index (χ1) is 9.15. The molecule has 2 aromatic heterocycles. The maximum atomic E-state index is 6.16. The highest BCUT2D eigenvalue weighted by Gasteiger charge is 2.13. The number of fused-ring (bicyclic) bond motifs is 1. The third-order valence-corrected chi connectivity index (χ3v) is 4.37. The smallest absolute Gasteiger partial charge is 0.181 e. The zero-order chi connectivity index (χ0) is 13.4. The lowest BCUT2D eigenvalue weighted by atomic mass is 10.3. The topological polar surface area (TPSA) is 80.5 Å². The third kappa shape index (κ3) is 2.34. The second-order valence-electron chi connectivity index (χ2n) is 3.70. The molecule has 0 fully saturated rings. The highest BCUT2D eigenvalue weighted by Crippen LogP contribution is 2.40. The first kappa shape index (κ1) is 12.5. The molecule has 19 heavy (non-hydrogen) atoms. The van der Waals surface area contributed by atoms with Crippen LogP contribution in [-0.2, 0) is 0 Å². The van der Waals surface area contributed by atoms with Crippen molar-refractivity contribution in [3.05, 3.63) is 34.8 Å². The van der Waals surface area contributed by atoms with Crippen LogP contribution in [0.2, 0.25) is 10.0 Å². The van der Waals surface area contributed by atoms with Crippen LogP contribution in [0.15, 0.2) is 34.7 Å². The van der Waals surface area contributed by atoms with Crippen LogP contribution in [-0.4, -0.2) is 19.9 Å². The monoisotopic (exact) mass is 311 g/mol. The summed E-state index contributed by atoms with van der Waals surface area (Å²) in [5.41, 5.74) is 7.54. The second kappa shape index (κ2) is 4.88. The number of rotatable bonds is 2. The summed E-state index contributed by atoms with van der Waals surface area (Å²) in [7, 11) is 0. The number of nitrogens with one attached hydrogen (secondary N) is 1. The van der Waals surface area contributed by atoms with Gasteiger partial charge >= 0.3 is 0 Å². The van der Waals surface area contributed by atoms with Crippen LogP contribution >= 0.6 is 35.0 Å². The number of nitrogens with two attached hydrogens (primary N) is 1. The summed E-state index contributed by atoms with van der Waals surface area (Å²) in [4.78, 5) is 16.0. The summed E-state index contributed by atoms with van der Waals surface area (Å²) in [6.07, 6.45) is 3.01. The number of H-pyrrole nitrogens is 1. The predicted octanol–water partition coefficient (Wildman–Crippen LogP) is 3.39. The molecule has 0 unspecified atom stereocenters. The van der Waals surface area contributed by atoms with Gasteiger partial charge < -0.3 is 10.7 Å². The fourth-order valence-corrected chi connectivity index (χ4v) is 3.19. The second-order valence-corrected chi connectivity index (χ2v) is 5.51. The van der Waals surface area contributed by atoms with Gasteiger partial charge in [0, 0.05) is 5.69 Å². The Hall–Kier alpha value is -1.50. The van der Waals surface area contributed by atoms with E-state index in [1.54, 1.807) is 18.5 Å². The molecule has 5 nitrogen and oxygen atoms in total. The highest BCUT2D eigenvalue weighted by atomic mass is 35.5. The third-order valence-electron chi connectivity index (χ3n) is 2.41. The fourth-order valence-electron chi connectivity index (χ4n) is 1.59. The minimum absolute atomic E-state index is 0.487. The summed E-state index contributed by atoms with van der Waals surface area (Å²) < 4.78 is 0. The van der Waals surface area contributed by atoms with E-state index in [1.165, 1.54) is 18.1 Å². The Morgan fingerprint density at radius 1 is 1.11 bits per heavy atom. The molecule has 0 aliphatic heterocycles. The van der Waals surface area contributed by atoms with Gasteiger partial charge in [-0.1, -0.05) is 35.0 Å². The van der Waals surface area contributed by atoms with E-state index in [2.05, 4.69) is 19.9 Å². The average Bonchev–Trinajstić information content (AvgIpc) is 2.82. The minimum atomic E-state index is 0.487.